The Morgan fingerprint density at radius 2 is 1.43 bits per heavy atom. The van der Waals surface area contributed by atoms with Crippen LogP contribution in [-0.2, 0) is 19.1 Å². The topological polar surface area (TPSA) is 72.8 Å². The van der Waals surface area contributed by atoms with Gasteiger partial charge in [0.1, 0.15) is 6.61 Å². The molecule has 5 heteroatoms. The number of unbranched alkanes of at least 4 members (excludes halogenated alkanes) is 11. The van der Waals surface area contributed by atoms with Gasteiger partial charge in [0, 0.05) is 12.5 Å². The molecule has 1 atom stereocenters. The minimum atomic E-state index is -0.806. The van der Waals surface area contributed by atoms with Crippen molar-refractivity contribution in [3.8, 4) is 0 Å². The molecule has 0 fully saturated rings. The fourth-order valence-corrected chi connectivity index (χ4v) is 2.86. The Morgan fingerprint density at radius 3 is 2.04 bits per heavy atom. The molecule has 0 aromatic heterocycles. The molecule has 0 aromatic carbocycles. The SMILES string of the molecule is CCCCCCCCCC=CC(=O)OC(CO)COC(=O)CCCCCCC. The molecule has 0 rings (SSSR count). The number of aliphatic hydroxyl groups is 1. The number of hydrogen-bond donors (Lipinski definition) is 1. The lowest BCUT2D eigenvalue weighted by Gasteiger charge is -2.14. The van der Waals surface area contributed by atoms with E-state index in [0.29, 0.717) is 6.42 Å². The normalized spacial score (nSPS) is 12.2. The van der Waals surface area contributed by atoms with Crippen LogP contribution in [0.15, 0.2) is 12.2 Å². The van der Waals surface area contributed by atoms with Gasteiger partial charge in [-0.1, -0.05) is 84.1 Å². The molecule has 0 aliphatic heterocycles. The van der Waals surface area contributed by atoms with Gasteiger partial charge >= 0.3 is 11.9 Å². The van der Waals surface area contributed by atoms with Crippen molar-refractivity contribution in [1.29, 1.82) is 0 Å². The van der Waals surface area contributed by atoms with Crippen LogP contribution in [0.5, 0.6) is 0 Å². The summed E-state index contributed by atoms with van der Waals surface area (Å²) in [4.78, 5) is 23.5. The monoisotopic (exact) mass is 398 g/mol. The van der Waals surface area contributed by atoms with Gasteiger partial charge in [0.05, 0.1) is 6.61 Å². The molecule has 0 saturated carbocycles. The molecule has 1 N–H and O–H groups in total. The molecule has 0 amide bonds. The van der Waals surface area contributed by atoms with E-state index in [0.717, 1.165) is 32.1 Å². The fourth-order valence-electron chi connectivity index (χ4n) is 2.86. The van der Waals surface area contributed by atoms with E-state index < -0.39 is 12.1 Å². The second kappa shape index (κ2) is 20.4. The molecule has 0 aromatic rings. The number of esters is 2. The van der Waals surface area contributed by atoms with Crippen molar-refractivity contribution in [3.63, 3.8) is 0 Å². The summed E-state index contributed by atoms with van der Waals surface area (Å²) in [6.07, 6.45) is 17.6. The second-order valence-corrected chi connectivity index (χ2v) is 7.40. The molecule has 0 saturated heterocycles. The highest BCUT2D eigenvalue weighted by Crippen LogP contribution is 2.09. The lowest BCUT2D eigenvalue weighted by molar-refractivity contribution is -0.157. The quantitative estimate of drug-likeness (QED) is 0.177. The lowest BCUT2D eigenvalue weighted by atomic mass is 10.1. The van der Waals surface area contributed by atoms with E-state index in [1.165, 1.54) is 57.4 Å². The van der Waals surface area contributed by atoms with Crippen LogP contribution >= 0.6 is 0 Å². The van der Waals surface area contributed by atoms with Crippen LogP contribution in [-0.4, -0.2) is 36.4 Å². The van der Waals surface area contributed by atoms with E-state index in [1.807, 2.05) is 6.08 Å². The number of rotatable bonds is 19. The Balaban J connectivity index is 3.77. The molecule has 0 aliphatic rings. The van der Waals surface area contributed by atoms with E-state index in [4.69, 9.17) is 9.47 Å². The van der Waals surface area contributed by atoms with Gasteiger partial charge in [0.2, 0.25) is 0 Å². The van der Waals surface area contributed by atoms with Crippen molar-refractivity contribution in [2.75, 3.05) is 13.2 Å². The summed E-state index contributed by atoms with van der Waals surface area (Å²) in [5.41, 5.74) is 0. The smallest absolute Gasteiger partial charge is 0.330 e. The van der Waals surface area contributed by atoms with E-state index in [2.05, 4.69) is 13.8 Å². The lowest BCUT2D eigenvalue weighted by Crippen LogP contribution is -2.27. The number of hydrogen-bond acceptors (Lipinski definition) is 5. The van der Waals surface area contributed by atoms with Crippen LogP contribution in [0.4, 0.5) is 0 Å². The zero-order valence-electron chi connectivity index (χ0n) is 18.1. The van der Waals surface area contributed by atoms with Crippen LogP contribution < -0.4 is 0 Å². The average Bonchev–Trinajstić information content (AvgIpc) is 2.69. The number of carbonyl (C=O) groups excluding carboxylic acids is 2. The van der Waals surface area contributed by atoms with Gasteiger partial charge in [-0.05, 0) is 19.3 Å². The number of ether oxygens (including phenoxy) is 2. The highest BCUT2D eigenvalue weighted by atomic mass is 16.6. The highest BCUT2D eigenvalue weighted by molar-refractivity contribution is 5.82. The van der Waals surface area contributed by atoms with Crippen LogP contribution in [0, 0.1) is 0 Å². The summed E-state index contributed by atoms with van der Waals surface area (Å²) >= 11 is 0. The Morgan fingerprint density at radius 1 is 0.857 bits per heavy atom. The number of aliphatic hydroxyl groups excluding tert-OH is 1. The second-order valence-electron chi connectivity index (χ2n) is 7.40. The van der Waals surface area contributed by atoms with Crippen molar-refractivity contribution in [3.05, 3.63) is 12.2 Å². The minimum absolute atomic E-state index is 0.0956. The van der Waals surface area contributed by atoms with E-state index >= 15 is 0 Å². The van der Waals surface area contributed by atoms with Gasteiger partial charge in [-0.2, -0.15) is 0 Å². The summed E-state index contributed by atoms with van der Waals surface area (Å²) in [6, 6.07) is 0. The van der Waals surface area contributed by atoms with E-state index in [1.54, 1.807) is 0 Å². The van der Waals surface area contributed by atoms with Crippen molar-refractivity contribution in [2.45, 2.75) is 110 Å². The van der Waals surface area contributed by atoms with Crippen molar-refractivity contribution >= 4 is 11.9 Å². The molecule has 28 heavy (non-hydrogen) atoms. The minimum Gasteiger partial charge on any atom is -0.462 e. The van der Waals surface area contributed by atoms with Gasteiger partial charge in [0.15, 0.2) is 6.10 Å². The Hall–Kier alpha value is -1.36. The van der Waals surface area contributed by atoms with Crippen molar-refractivity contribution < 1.29 is 24.2 Å². The summed E-state index contributed by atoms with van der Waals surface area (Å²) < 4.78 is 10.2. The van der Waals surface area contributed by atoms with E-state index in [9.17, 15) is 14.7 Å². The third-order valence-electron chi connectivity index (χ3n) is 4.63. The molecular formula is C23H42O5. The molecule has 0 radical (unpaired) electrons. The summed E-state index contributed by atoms with van der Waals surface area (Å²) in [6.45, 7) is 3.91. The van der Waals surface area contributed by atoms with E-state index in [-0.39, 0.29) is 19.2 Å². The standard InChI is InChI=1S/C23H42O5/c1-3-5-7-9-10-11-12-14-16-18-23(26)28-21(19-24)20-27-22(25)17-15-13-8-6-4-2/h16,18,21,24H,3-15,17,19-20H2,1-2H3. The third kappa shape index (κ3) is 18.0. The number of allylic oxidation sites excluding steroid dienone is 1. The van der Waals surface area contributed by atoms with Crippen LogP contribution in [0.1, 0.15) is 104 Å². The molecule has 5 nitrogen and oxygen atoms in total. The first-order valence-corrected chi connectivity index (χ1v) is 11.3. The molecule has 164 valence electrons. The van der Waals surface area contributed by atoms with Gasteiger partial charge in [-0.15, -0.1) is 0 Å². The fraction of sp³-hybridized carbons (Fsp3) is 0.826. The summed E-state index contributed by atoms with van der Waals surface area (Å²) in [5, 5.41) is 9.30. The molecule has 1 unspecified atom stereocenters. The Labute approximate surface area is 171 Å². The van der Waals surface area contributed by atoms with Crippen LogP contribution in [0.2, 0.25) is 0 Å². The summed E-state index contributed by atoms with van der Waals surface area (Å²) in [7, 11) is 0. The zero-order valence-corrected chi connectivity index (χ0v) is 18.1. The number of carbonyl (C=O) groups is 2. The average molecular weight is 399 g/mol. The molecule has 0 spiro atoms. The Bertz CT molecular complexity index is 406. The highest BCUT2D eigenvalue weighted by Gasteiger charge is 2.14. The van der Waals surface area contributed by atoms with Gasteiger partial charge in [-0.25, -0.2) is 4.79 Å². The van der Waals surface area contributed by atoms with Gasteiger partial charge in [0.25, 0.3) is 0 Å². The maximum atomic E-state index is 11.8. The largest absolute Gasteiger partial charge is 0.462 e. The molecule has 0 bridgehead atoms. The maximum Gasteiger partial charge on any atom is 0.330 e. The first kappa shape index (κ1) is 26.6. The van der Waals surface area contributed by atoms with Crippen LogP contribution in [0.25, 0.3) is 0 Å². The molecule has 0 aliphatic carbocycles. The van der Waals surface area contributed by atoms with Gasteiger partial charge < -0.3 is 14.6 Å². The summed E-state index contributed by atoms with van der Waals surface area (Å²) in [5.74, 6) is -0.807. The first-order valence-electron chi connectivity index (χ1n) is 11.3. The molecular weight excluding hydrogens is 356 g/mol. The first-order chi connectivity index (χ1) is 13.6. The van der Waals surface area contributed by atoms with Crippen molar-refractivity contribution in [1.82, 2.24) is 0 Å². The third-order valence-corrected chi connectivity index (χ3v) is 4.63. The predicted octanol–water partition coefficient (Wildman–Crippen LogP) is 5.49. The Kier molecular flexibility index (Phi) is 19.4. The molecule has 0 heterocycles. The zero-order chi connectivity index (χ0) is 20.9. The maximum absolute atomic E-state index is 11.8. The van der Waals surface area contributed by atoms with Crippen LogP contribution in [0.3, 0.4) is 0 Å². The van der Waals surface area contributed by atoms with Gasteiger partial charge in [-0.3, -0.25) is 4.79 Å². The predicted molar refractivity (Wildman–Crippen MR) is 113 cm³/mol. The van der Waals surface area contributed by atoms with Crippen molar-refractivity contribution in [2.24, 2.45) is 0 Å².